The number of benzene rings is 1. The highest BCUT2D eigenvalue weighted by Gasteiger charge is 2.05. The standard InChI is InChI=1S/C11H12BrO/c1-3-9-4-10(8(2)7-13)6-11(12)5-9/h3-6,13H,1,7H2,2H3. The van der Waals surface area contributed by atoms with Crippen molar-refractivity contribution in [3.8, 4) is 0 Å². The fraction of sp³-hybridized carbons (Fsp3) is 0.182. The Hall–Kier alpha value is -0.600. The van der Waals surface area contributed by atoms with Crippen LogP contribution >= 0.6 is 15.9 Å². The lowest BCUT2D eigenvalue weighted by Crippen LogP contribution is -2.00. The van der Waals surface area contributed by atoms with Crippen molar-refractivity contribution in [2.24, 2.45) is 0 Å². The summed E-state index contributed by atoms with van der Waals surface area (Å²) < 4.78 is 1.01. The molecule has 69 valence electrons. The van der Waals surface area contributed by atoms with Crippen molar-refractivity contribution in [3.05, 3.63) is 46.3 Å². The Bertz CT molecular complexity index is 307. The highest BCUT2D eigenvalue weighted by atomic mass is 79.9. The van der Waals surface area contributed by atoms with Crippen LogP contribution in [-0.2, 0) is 0 Å². The Labute approximate surface area is 87.2 Å². The topological polar surface area (TPSA) is 20.2 Å². The summed E-state index contributed by atoms with van der Waals surface area (Å²) in [6.07, 6.45) is 1.79. The molecule has 0 fully saturated rings. The first-order chi connectivity index (χ1) is 6.17. The fourth-order valence-electron chi connectivity index (χ4n) is 1.07. The molecule has 1 aromatic carbocycles. The second-order valence-electron chi connectivity index (χ2n) is 2.92. The van der Waals surface area contributed by atoms with Gasteiger partial charge in [-0.25, -0.2) is 0 Å². The molecule has 0 saturated carbocycles. The Morgan fingerprint density at radius 3 is 2.77 bits per heavy atom. The lowest BCUT2D eigenvalue weighted by atomic mass is 10.00. The summed E-state index contributed by atoms with van der Waals surface area (Å²) in [4.78, 5) is 0. The van der Waals surface area contributed by atoms with Crippen LogP contribution < -0.4 is 0 Å². The zero-order chi connectivity index (χ0) is 9.84. The second kappa shape index (κ2) is 4.58. The van der Waals surface area contributed by atoms with Gasteiger partial charge in [-0.3, -0.25) is 0 Å². The van der Waals surface area contributed by atoms with Crippen LogP contribution in [0.1, 0.15) is 18.1 Å². The monoisotopic (exact) mass is 239 g/mol. The van der Waals surface area contributed by atoms with E-state index >= 15 is 0 Å². The highest BCUT2D eigenvalue weighted by Crippen LogP contribution is 2.21. The number of aliphatic hydroxyl groups is 1. The van der Waals surface area contributed by atoms with Crippen molar-refractivity contribution in [2.75, 3.05) is 6.61 Å². The molecule has 0 atom stereocenters. The van der Waals surface area contributed by atoms with E-state index in [4.69, 9.17) is 5.11 Å². The molecule has 0 spiro atoms. The quantitative estimate of drug-likeness (QED) is 0.860. The van der Waals surface area contributed by atoms with Gasteiger partial charge >= 0.3 is 0 Å². The fourth-order valence-corrected chi connectivity index (χ4v) is 1.58. The SMILES string of the molecule is C=Cc1cc(Br)cc([C](C)CO)c1. The van der Waals surface area contributed by atoms with Gasteiger partial charge in [0.1, 0.15) is 0 Å². The van der Waals surface area contributed by atoms with Crippen LogP contribution in [0, 0.1) is 5.92 Å². The maximum Gasteiger partial charge on any atom is 0.0534 e. The predicted molar refractivity (Wildman–Crippen MR) is 59.3 cm³/mol. The van der Waals surface area contributed by atoms with Gasteiger partial charge in [-0.15, -0.1) is 0 Å². The van der Waals surface area contributed by atoms with Crippen molar-refractivity contribution in [3.63, 3.8) is 0 Å². The first-order valence-electron chi connectivity index (χ1n) is 4.04. The van der Waals surface area contributed by atoms with E-state index < -0.39 is 0 Å². The number of hydrogen-bond donors (Lipinski definition) is 1. The first-order valence-corrected chi connectivity index (χ1v) is 4.83. The number of aliphatic hydroxyl groups excluding tert-OH is 1. The lowest BCUT2D eigenvalue weighted by Gasteiger charge is -2.09. The molecule has 1 N–H and O–H groups in total. The molecular weight excluding hydrogens is 228 g/mol. The lowest BCUT2D eigenvalue weighted by molar-refractivity contribution is 0.315. The van der Waals surface area contributed by atoms with Crippen LogP contribution in [0.2, 0.25) is 0 Å². The molecule has 0 aromatic heterocycles. The molecule has 1 rings (SSSR count). The van der Waals surface area contributed by atoms with Crippen LogP contribution in [0.15, 0.2) is 29.3 Å². The van der Waals surface area contributed by atoms with Crippen LogP contribution in [0.25, 0.3) is 6.08 Å². The molecule has 0 aliphatic heterocycles. The van der Waals surface area contributed by atoms with Gasteiger partial charge in [0.2, 0.25) is 0 Å². The van der Waals surface area contributed by atoms with E-state index in [-0.39, 0.29) is 6.61 Å². The zero-order valence-corrected chi connectivity index (χ0v) is 9.13. The molecule has 0 heterocycles. The zero-order valence-electron chi connectivity index (χ0n) is 7.55. The minimum atomic E-state index is 0.0903. The van der Waals surface area contributed by atoms with Crippen molar-refractivity contribution in [1.29, 1.82) is 0 Å². The van der Waals surface area contributed by atoms with E-state index in [2.05, 4.69) is 22.5 Å². The van der Waals surface area contributed by atoms with Crippen LogP contribution in [0.4, 0.5) is 0 Å². The second-order valence-corrected chi connectivity index (χ2v) is 3.83. The molecule has 1 radical (unpaired) electrons. The molecule has 0 aliphatic carbocycles. The molecule has 1 aromatic rings. The predicted octanol–water partition coefficient (Wildman–Crippen LogP) is 3.03. The third-order valence-corrected chi connectivity index (χ3v) is 2.34. The van der Waals surface area contributed by atoms with Gasteiger partial charge in [-0.1, -0.05) is 41.6 Å². The van der Waals surface area contributed by atoms with Crippen molar-refractivity contribution in [2.45, 2.75) is 6.92 Å². The molecule has 1 nitrogen and oxygen atoms in total. The van der Waals surface area contributed by atoms with E-state index in [1.54, 1.807) is 6.08 Å². The van der Waals surface area contributed by atoms with E-state index in [1.165, 1.54) is 0 Å². The van der Waals surface area contributed by atoms with Crippen molar-refractivity contribution >= 4 is 22.0 Å². The van der Waals surface area contributed by atoms with Crippen LogP contribution in [-0.4, -0.2) is 11.7 Å². The van der Waals surface area contributed by atoms with Gasteiger partial charge in [0.25, 0.3) is 0 Å². The van der Waals surface area contributed by atoms with Gasteiger partial charge < -0.3 is 5.11 Å². The summed E-state index contributed by atoms with van der Waals surface area (Å²) in [5.74, 6) is 0.962. The molecule has 13 heavy (non-hydrogen) atoms. The van der Waals surface area contributed by atoms with E-state index in [9.17, 15) is 0 Å². The molecule has 0 bridgehead atoms. The van der Waals surface area contributed by atoms with Gasteiger partial charge in [-0.05, 0) is 23.3 Å². The van der Waals surface area contributed by atoms with E-state index in [0.29, 0.717) is 0 Å². The Morgan fingerprint density at radius 1 is 1.54 bits per heavy atom. The van der Waals surface area contributed by atoms with E-state index in [1.807, 2.05) is 25.1 Å². The molecule has 2 heteroatoms. The van der Waals surface area contributed by atoms with Crippen molar-refractivity contribution in [1.82, 2.24) is 0 Å². The third kappa shape index (κ3) is 2.68. The normalized spacial score (nSPS) is 10.5. The number of hydrogen-bond acceptors (Lipinski definition) is 1. The molecule has 0 amide bonds. The van der Waals surface area contributed by atoms with Gasteiger partial charge in [0.15, 0.2) is 0 Å². The van der Waals surface area contributed by atoms with Crippen LogP contribution in [0.3, 0.4) is 0 Å². The third-order valence-electron chi connectivity index (χ3n) is 1.89. The van der Waals surface area contributed by atoms with Gasteiger partial charge in [-0.2, -0.15) is 0 Å². The molecule has 0 saturated heterocycles. The first kappa shape index (κ1) is 10.5. The molecular formula is C11H12BrO. The molecule has 0 unspecified atom stereocenters. The summed E-state index contributed by atoms with van der Waals surface area (Å²) in [5, 5.41) is 8.96. The largest absolute Gasteiger partial charge is 0.395 e. The maximum absolute atomic E-state index is 8.96. The summed E-state index contributed by atoms with van der Waals surface area (Å²) in [5.41, 5.74) is 2.10. The average Bonchev–Trinajstić information content (AvgIpc) is 2.15. The maximum atomic E-state index is 8.96. The van der Waals surface area contributed by atoms with Gasteiger partial charge in [0.05, 0.1) is 6.61 Å². The van der Waals surface area contributed by atoms with Gasteiger partial charge in [0, 0.05) is 10.4 Å². The van der Waals surface area contributed by atoms with Crippen molar-refractivity contribution < 1.29 is 5.11 Å². The number of rotatable bonds is 3. The summed E-state index contributed by atoms with van der Waals surface area (Å²) >= 11 is 3.41. The Balaban J connectivity index is 3.07. The minimum Gasteiger partial charge on any atom is -0.395 e. The number of halogens is 1. The summed E-state index contributed by atoms with van der Waals surface area (Å²) in [6.45, 7) is 5.71. The summed E-state index contributed by atoms with van der Waals surface area (Å²) in [7, 11) is 0. The highest BCUT2D eigenvalue weighted by molar-refractivity contribution is 9.10. The smallest absolute Gasteiger partial charge is 0.0534 e. The minimum absolute atomic E-state index is 0.0903. The summed E-state index contributed by atoms with van der Waals surface area (Å²) in [6, 6.07) is 5.98. The molecule has 0 aliphatic rings. The Morgan fingerprint density at radius 2 is 2.23 bits per heavy atom. The average molecular weight is 240 g/mol. The van der Waals surface area contributed by atoms with Crippen LogP contribution in [0.5, 0.6) is 0 Å². The Kier molecular flexibility index (Phi) is 3.70. The van der Waals surface area contributed by atoms with E-state index in [0.717, 1.165) is 21.5 Å².